The highest BCUT2D eigenvalue weighted by molar-refractivity contribution is 6.03. The first-order valence-electron chi connectivity index (χ1n) is 8.16. The van der Waals surface area contributed by atoms with Crippen LogP contribution >= 0.6 is 0 Å². The number of pyridine rings is 1. The van der Waals surface area contributed by atoms with Gasteiger partial charge in [-0.3, -0.25) is 4.79 Å². The van der Waals surface area contributed by atoms with E-state index in [0.29, 0.717) is 22.7 Å². The highest BCUT2D eigenvalue weighted by atomic mass is 16.7. The van der Waals surface area contributed by atoms with Crippen LogP contribution in [0.4, 0.5) is 17.1 Å². The number of amides is 1. The van der Waals surface area contributed by atoms with E-state index in [2.05, 4.69) is 15.6 Å². The summed E-state index contributed by atoms with van der Waals surface area (Å²) >= 11 is 0. The minimum absolute atomic E-state index is 0.221. The number of hydrogen-bond donors (Lipinski definition) is 2. The van der Waals surface area contributed by atoms with E-state index in [1.54, 1.807) is 42.6 Å². The molecule has 2 N–H and O–H groups in total. The molecule has 1 amide bonds. The molecule has 3 aromatic rings. The summed E-state index contributed by atoms with van der Waals surface area (Å²) in [4.78, 5) is 16.5. The van der Waals surface area contributed by atoms with E-state index >= 15 is 0 Å². The summed E-state index contributed by atoms with van der Waals surface area (Å²) < 4.78 is 10.6. The fraction of sp³-hybridized carbons (Fsp3) is 0.0500. The zero-order valence-corrected chi connectivity index (χ0v) is 14.1. The van der Waals surface area contributed by atoms with Crippen LogP contribution in [-0.2, 0) is 0 Å². The van der Waals surface area contributed by atoms with Gasteiger partial charge in [0.25, 0.3) is 5.91 Å². The minimum Gasteiger partial charge on any atom is -0.454 e. The number of carbonyl (C=O) groups is 1. The number of nitrogens with zero attached hydrogens (tertiary/aromatic N) is 2. The fourth-order valence-corrected chi connectivity index (χ4v) is 2.62. The monoisotopic (exact) mass is 358 g/mol. The second-order valence-corrected chi connectivity index (χ2v) is 5.74. The molecule has 0 atom stereocenters. The van der Waals surface area contributed by atoms with E-state index in [4.69, 9.17) is 14.7 Å². The van der Waals surface area contributed by atoms with Gasteiger partial charge < -0.3 is 20.1 Å². The Morgan fingerprint density at radius 3 is 2.67 bits per heavy atom. The highest BCUT2D eigenvalue weighted by Crippen LogP contribution is 2.35. The zero-order chi connectivity index (χ0) is 18.6. The van der Waals surface area contributed by atoms with Crippen LogP contribution in [0, 0.1) is 11.3 Å². The van der Waals surface area contributed by atoms with E-state index in [1.165, 1.54) is 0 Å². The smallest absolute Gasteiger partial charge is 0.274 e. The van der Waals surface area contributed by atoms with E-state index < -0.39 is 0 Å². The number of anilines is 3. The van der Waals surface area contributed by atoms with Gasteiger partial charge in [0, 0.05) is 11.8 Å². The third-order valence-corrected chi connectivity index (χ3v) is 3.95. The average Bonchev–Trinajstić information content (AvgIpc) is 3.17. The van der Waals surface area contributed by atoms with Gasteiger partial charge in [-0.25, -0.2) is 4.98 Å². The van der Waals surface area contributed by atoms with Crippen LogP contribution in [-0.4, -0.2) is 17.7 Å². The van der Waals surface area contributed by atoms with Gasteiger partial charge in [0.05, 0.1) is 23.1 Å². The molecule has 1 aromatic heterocycles. The summed E-state index contributed by atoms with van der Waals surface area (Å²) in [7, 11) is 0. The van der Waals surface area contributed by atoms with Crippen molar-refractivity contribution in [3.63, 3.8) is 0 Å². The Balaban J connectivity index is 1.45. The first-order valence-corrected chi connectivity index (χ1v) is 8.16. The molecule has 7 nitrogen and oxygen atoms in total. The number of benzene rings is 2. The molecule has 0 spiro atoms. The van der Waals surface area contributed by atoms with Crippen molar-refractivity contribution >= 4 is 23.0 Å². The molecule has 2 aromatic carbocycles. The molecule has 2 heterocycles. The molecule has 1 aliphatic heterocycles. The lowest BCUT2D eigenvalue weighted by Gasteiger charge is -2.09. The summed E-state index contributed by atoms with van der Waals surface area (Å²) in [5, 5.41) is 15.0. The number of nitrogens with one attached hydrogen (secondary N) is 2. The van der Waals surface area contributed by atoms with Gasteiger partial charge in [-0.15, -0.1) is 0 Å². The first-order chi connectivity index (χ1) is 13.2. The molecular weight excluding hydrogens is 344 g/mol. The molecule has 132 valence electrons. The maximum atomic E-state index is 12.3. The van der Waals surface area contributed by atoms with Crippen LogP contribution in [0.3, 0.4) is 0 Å². The number of para-hydroxylation sites is 1. The molecule has 0 saturated carbocycles. The molecule has 1 aliphatic rings. The number of aromatic nitrogens is 1. The van der Waals surface area contributed by atoms with Crippen LogP contribution in [0.5, 0.6) is 11.5 Å². The molecule has 4 rings (SSSR count). The van der Waals surface area contributed by atoms with Crippen LogP contribution in [0.25, 0.3) is 0 Å². The number of carbonyl (C=O) groups excluding carboxylic acids is 1. The van der Waals surface area contributed by atoms with Crippen LogP contribution in [0.2, 0.25) is 0 Å². The summed E-state index contributed by atoms with van der Waals surface area (Å²) in [5.41, 5.74) is 2.64. The quantitative estimate of drug-likeness (QED) is 0.738. The Bertz CT molecular complexity index is 1040. The topological polar surface area (TPSA) is 96.3 Å². The third-order valence-electron chi connectivity index (χ3n) is 3.95. The van der Waals surface area contributed by atoms with Crippen LogP contribution < -0.4 is 20.1 Å². The molecule has 0 radical (unpaired) electrons. The Morgan fingerprint density at radius 2 is 1.85 bits per heavy atom. The minimum atomic E-state index is -0.382. The first kappa shape index (κ1) is 16.4. The average molecular weight is 358 g/mol. The largest absolute Gasteiger partial charge is 0.454 e. The summed E-state index contributed by atoms with van der Waals surface area (Å²) in [6, 6.07) is 17.7. The van der Waals surface area contributed by atoms with Crippen molar-refractivity contribution in [3.05, 3.63) is 72.1 Å². The van der Waals surface area contributed by atoms with Crippen LogP contribution in [0.1, 0.15) is 16.1 Å². The van der Waals surface area contributed by atoms with Gasteiger partial charge in [0.15, 0.2) is 11.5 Å². The highest BCUT2D eigenvalue weighted by Gasteiger charge is 2.14. The molecule has 0 saturated heterocycles. The Hall–Kier alpha value is -4.05. The van der Waals surface area contributed by atoms with Crippen molar-refractivity contribution < 1.29 is 14.3 Å². The number of fused-ring (bicyclic) bond motifs is 1. The van der Waals surface area contributed by atoms with Crippen molar-refractivity contribution in [2.75, 3.05) is 17.4 Å². The van der Waals surface area contributed by atoms with E-state index in [1.807, 2.05) is 24.3 Å². The van der Waals surface area contributed by atoms with E-state index in [-0.39, 0.29) is 18.4 Å². The van der Waals surface area contributed by atoms with Crippen molar-refractivity contribution in [3.8, 4) is 17.6 Å². The Morgan fingerprint density at radius 1 is 1.04 bits per heavy atom. The SMILES string of the molecule is N#Cc1ccccc1NC(=O)c1ccc(Nc2ccc3c(c2)OCO3)cn1. The molecular formula is C20H14N4O3. The van der Waals surface area contributed by atoms with Crippen molar-refractivity contribution in [1.29, 1.82) is 5.26 Å². The van der Waals surface area contributed by atoms with Crippen molar-refractivity contribution in [2.45, 2.75) is 0 Å². The lowest BCUT2D eigenvalue weighted by Crippen LogP contribution is -2.14. The number of hydrogen-bond acceptors (Lipinski definition) is 6. The third kappa shape index (κ3) is 3.50. The second kappa shape index (κ2) is 7.06. The Labute approximate surface area is 155 Å². The van der Waals surface area contributed by atoms with Gasteiger partial charge in [0.1, 0.15) is 11.8 Å². The maximum Gasteiger partial charge on any atom is 0.274 e. The normalized spacial score (nSPS) is 11.5. The fourth-order valence-electron chi connectivity index (χ4n) is 2.62. The molecule has 0 aliphatic carbocycles. The standard InChI is InChI=1S/C20H14N4O3/c21-10-13-3-1-2-4-16(13)24-20(25)17-7-5-15(11-22-17)23-14-6-8-18-19(9-14)27-12-26-18/h1-9,11,23H,12H2,(H,24,25). The lowest BCUT2D eigenvalue weighted by atomic mass is 10.2. The van der Waals surface area contributed by atoms with Gasteiger partial charge in [-0.1, -0.05) is 12.1 Å². The zero-order valence-electron chi connectivity index (χ0n) is 14.1. The Kier molecular flexibility index (Phi) is 4.29. The molecule has 0 unspecified atom stereocenters. The lowest BCUT2D eigenvalue weighted by molar-refractivity contribution is 0.102. The van der Waals surface area contributed by atoms with Crippen LogP contribution in [0.15, 0.2) is 60.8 Å². The van der Waals surface area contributed by atoms with E-state index in [9.17, 15) is 4.79 Å². The summed E-state index contributed by atoms with van der Waals surface area (Å²) in [6.45, 7) is 0.221. The number of ether oxygens (including phenoxy) is 2. The molecule has 7 heteroatoms. The maximum absolute atomic E-state index is 12.3. The van der Waals surface area contributed by atoms with Gasteiger partial charge in [-0.2, -0.15) is 5.26 Å². The summed E-state index contributed by atoms with van der Waals surface area (Å²) in [5.74, 6) is 1.01. The number of nitriles is 1. The number of rotatable bonds is 4. The molecule has 0 fully saturated rings. The second-order valence-electron chi connectivity index (χ2n) is 5.74. The van der Waals surface area contributed by atoms with Gasteiger partial charge in [0.2, 0.25) is 6.79 Å². The van der Waals surface area contributed by atoms with Crippen molar-refractivity contribution in [1.82, 2.24) is 4.98 Å². The van der Waals surface area contributed by atoms with Gasteiger partial charge in [-0.05, 0) is 36.4 Å². The predicted octanol–water partition coefficient (Wildman–Crippen LogP) is 3.68. The van der Waals surface area contributed by atoms with Gasteiger partial charge >= 0.3 is 0 Å². The summed E-state index contributed by atoms with van der Waals surface area (Å²) in [6.07, 6.45) is 1.57. The van der Waals surface area contributed by atoms with E-state index in [0.717, 1.165) is 11.4 Å². The molecule has 27 heavy (non-hydrogen) atoms. The molecule has 0 bridgehead atoms. The predicted molar refractivity (Wildman–Crippen MR) is 99.2 cm³/mol. The van der Waals surface area contributed by atoms with Crippen molar-refractivity contribution in [2.24, 2.45) is 0 Å².